The summed E-state index contributed by atoms with van der Waals surface area (Å²) in [6.45, 7) is 5.58. The minimum Gasteiger partial charge on any atom is -0.493 e. The van der Waals surface area contributed by atoms with E-state index in [9.17, 15) is 0 Å². The van der Waals surface area contributed by atoms with Crippen molar-refractivity contribution >= 4 is 21.6 Å². The summed E-state index contributed by atoms with van der Waals surface area (Å²) >= 11 is 1.71. The van der Waals surface area contributed by atoms with Crippen LogP contribution in [0.2, 0.25) is 0 Å². The van der Waals surface area contributed by atoms with Crippen molar-refractivity contribution in [2.45, 2.75) is 45.1 Å². The van der Waals surface area contributed by atoms with Crippen molar-refractivity contribution < 1.29 is 9.47 Å². The summed E-state index contributed by atoms with van der Waals surface area (Å²) < 4.78 is 14.2. The van der Waals surface area contributed by atoms with E-state index in [1.54, 1.807) is 25.6 Å². The molecular formula is C27H33N5O2S. The summed E-state index contributed by atoms with van der Waals surface area (Å²) in [6.07, 6.45) is 7.93. The molecule has 7 nitrogen and oxygen atoms in total. The lowest BCUT2D eigenvalue weighted by Gasteiger charge is -2.25. The largest absolute Gasteiger partial charge is 0.493 e. The molecule has 0 amide bonds. The van der Waals surface area contributed by atoms with Crippen molar-refractivity contribution in [3.63, 3.8) is 0 Å². The highest BCUT2D eigenvalue weighted by Gasteiger charge is 2.24. The predicted molar refractivity (Wildman–Crippen MR) is 140 cm³/mol. The van der Waals surface area contributed by atoms with Gasteiger partial charge in [-0.3, -0.25) is 0 Å². The predicted octanol–water partition coefficient (Wildman–Crippen LogP) is 5.13. The van der Waals surface area contributed by atoms with E-state index in [1.165, 1.54) is 42.6 Å². The Morgan fingerprint density at radius 3 is 2.60 bits per heavy atom. The average molecular weight is 492 g/mol. The lowest BCUT2D eigenvalue weighted by molar-refractivity contribution is 0.231. The molecule has 35 heavy (non-hydrogen) atoms. The fourth-order valence-electron chi connectivity index (χ4n) is 4.76. The number of ether oxygens (including phenoxy) is 2. The number of fused-ring (bicyclic) bond motifs is 1. The van der Waals surface area contributed by atoms with Gasteiger partial charge in [-0.05, 0) is 67.7 Å². The van der Waals surface area contributed by atoms with Gasteiger partial charge in [0, 0.05) is 19.2 Å². The van der Waals surface area contributed by atoms with Crippen molar-refractivity contribution in [2.24, 2.45) is 0 Å². The molecule has 4 aromatic rings. The second-order valence-corrected chi connectivity index (χ2v) is 10.1. The number of benzene rings is 2. The van der Waals surface area contributed by atoms with Crippen LogP contribution in [0.4, 0.5) is 0 Å². The molecule has 1 aliphatic heterocycles. The van der Waals surface area contributed by atoms with E-state index in [-0.39, 0.29) is 6.04 Å². The maximum absolute atomic E-state index is 5.61. The molecule has 0 N–H and O–H groups in total. The van der Waals surface area contributed by atoms with E-state index in [4.69, 9.17) is 14.5 Å². The van der Waals surface area contributed by atoms with Gasteiger partial charge < -0.3 is 14.4 Å². The Morgan fingerprint density at radius 1 is 1.00 bits per heavy atom. The Morgan fingerprint density at radius 2 is 1.83 bits per heavy atom. The first kappa shape index (κ1) is 23.8. The van der Waals surface area contributed by atoms with Crippen LogP contribution in [0.1, 0.15) is 54.1 Å². The molecule has 5 rings (SSSR count). The summed E-state index contributed by atoms with van der Waals surface area (Å²) in [7, 11) is 3.31. The van der Waals surface area contributed by atoms with Gasteiger partial charge in [0.2, 0.25) is 0 Å². The summed E-state index contributed by atoms with van der Waals surface area (Å²) in [6, 6.07) is 12.3. The van der Waals surface area contributed by atoms with Crippen molar-refractivity contribution in [3.8, 4) is 11.5 Å². The molecule has 8 heteroatoms. The first-order valence-electron chi connectivity index (χ1n) is 12.4. The maximum Gasteiger partial charge on any atom is 0.161 e. The number of methoxy groups -OCH3 is 2. The van der Waals surface area contributed by atoms with Gasteiger partial charge in [-0.15, -0.1) is 16.4 Å². The van der Waals surface area contributed by atoms with Gasteiger partial charge in [0.25, 0.3) is 0 Å². The van der Waals surface area contributed by atoms with Crippen molar-refractivity contribution in [1.29, 1.82) is 0 Å². The molecule has 0 spiro atoms. The summed E-state index contributed by atoms with van der Waals surface area (Å²) in [5, 5.41) is 10.1. The number of likely N-dealkylation sites (tertiary alicyclic amines) is 1. The Hall–Kier alpha value is -2.97. The zero-order valence-corrected chi connectivity index (χ0v) is 21.6. The Kier molecular flexibility index (Phi) is 7.29. The third-order valence-electron chi connectivity index (χ3n) is 6.79. The van der Waals surface area contributed by atoms with Crippen LogP contribution in [0, 0.1) is 0 Å². The van der Waals surface area contributed by atoms with Crippen LogP contribution in [0.15, 0.2) is 42.6 Å². The fourth-order valence-corrected chi connectivity index (χ4v) is 5.92. The molecule has 1 aliphatic rings. The van der Waals surface area contributed by atoms with Crippen LogP contribution in [-0.4, -0.2) is 58.7 Å². The monoisotopic (exact) mass is 491 g/mol. The summed E-state index contributed by atoms with van der Waals surface area (Å²) in [4.78, 5) is 7.55. The number of hydrogen-bond acceptors (Lipinski definition) is 7. The van der Waals surface area contributed by atoms with Crippen LogP contribution in [0.25, 0.3) is 10.2 Å². The number of rotatable bonds is 9. The topological polar surface area (TPSA) is 65.3 Å². The number of aryl methyl sites for hydroxylation is 1. The smallest absolute Gasteiger partial charge is 0.161 e. The number of piperidine rings is 1. The number of hydrogen-bond donors (Lipinski definition) is 0. The molecule has 0 aliphatic carbocycles. The van der Waals surface area contributed by atoms with E-state index >= 15 is 0 Å². The molecule has 1 unspecified atom stereocenters. The highest BCUT2D eigenvalue weighted by atomic mass is 32.1. The molecule has 1 saturated heterocycles. The molecular weight excluding hydrogens is 458 g/mol. The van der Waals surface area contributed by atoms with Crippen LogP contribution in [0.3, 0.4) is 0 Å². The lowest BCUT2D eigenvalue weighted by Crippen LogP contribution is -2.31. The molecule has 0 saturated carbocycles. The van der Waals surface area contributed by atoms with E-state index in [1.807, 2.05) is 16.8 Å². The molecule has 3 heterocycles. The lowest BCUT2D eigenvalue weighted by atomic mass is 10.1. The first-order chi connectivity index (χ1) is 17.2. The number of nitrogens with zero attached hydrogens (tertiary/aromatic N) is 5. The number of thiazole rings is 1. The van der Waals surface area contributed by atoms with E-state index in [0.29, 0.717) is 11.5 Å². The zero-order valence-electron chi connectivity index (χ0n) is 20.7. The number of aromatic nitrogens is 4. The van der Waals surface area contributed by atoms with Gasteiger partial charge >= 0.3 is 0 Å². The van der Waals surface area contributed by atoms with E-state index < -0.39 is 0 Å². The second-order valence-electron chi connectivity index (χ2n) is 9.07. The van der Waals surface area contributed by atoms with Crippen molar-refractivity contribution in [3.05, 3.63) is 64.4 Å². The minimum absolute atomic E-state index is 0.200. The first-order valence-corrected chi connectivity index (χ1v) is 13.2. The Labute approximate surface area is 210 Å². The van der Waals surface area contributed by atoms with Gasteiger partial charge in [-0.25, -0.2) is 9.67 Å². The van der Waals surface area contributed by atoms with Crippen LogP contribution in [0.5, 0.6) is 11.5 Å². The quantitative estimate of drug-likeness (QED) is 0.323. The van der Waals surface area contributed by atoms with Gasteiger partial charge in [0.15, 0.2) is 11.5 Å². The highest BCUT2D eigenvalue weighted by molar-refractivity contribution is 7.18. The Balaban J connectivity index is 1.50. The molecule has 0 radical (unpaired) electrons. The standard InChI is InChI=1S/C27H33N5O2S/c1-4-19-8-10-22-25(16-19)35-27(28-22)26(20-9-11-23(33-2)24(17-20)34-3)32-18-21(29-30-32)12-15-31-13-6-5-7-14-31/h8-11,16-18,26H,4-7,12-15H2,1-3H3. The van der Waals surface area contributed by atoms with E-state index in [0.717, 1.165) is 41.2 Å². The maximum atomic E-state index is 5.61. The second kappa shape index (κ2) is 10.7. The SMILES string of the molecule is CCc1ccc2nc(C(c3ccc(OC)c(OC)c3)n3cc(CCN4CCCCC4)nn3)sc2c1. The molecule has 1 fully saturated rings. The highest BCUT2D eigenvalue weighted by Crippen LogP contribution is 2.37. The van der Waals surface area contributed by atoms with Gasteiger partial charge in [0.05, 0.1) is 30.1 Å². The van der Waals surface area contributed by atoms with Crippen LogP contribution in [-0.2, 0) is 12.8 Å². The summed E-state index contributed by atoms with van der Waals surface area (Å²) in [5.74, 6) is 1.39. The van der Waals surface area contributed by atoms with Crippen molar-refractivity contribution in [2.75, 3.05) is 33.9 Å². The minimum atomic E-state index is -0.200. The molecule has 2 aromatic heterocycles. The third-order valence-corrected chi connectivity index (χ3v) is 7.86. The zero-order chi connectivity index (χ0) is 24.2. The average Bonchev–Trinajstić information content (AvgIpc) is 3.54. The fraction of sp³-hybridized carbons (Fsp3) is 0.444. The summed E-state index contributed by atoms with van der Waals surface area (Å²) in [5.41, 5.74) is 4.37. The Bertz CT molecular complexity index is 1280. The van der Waals surface area contributed by atoms with Gasteiger partial charge in [-0.2, -0.15) is 0 Å². The van der Waals surface area contributed by atoms with Crippen LogP contribution >= 0.6 is 11.3 Å². The third kappa shape index (κ3) is 5.18. The normalized spacial score (nSPS) is 15.4. The van der Waals surface area contributed by atoms with Gasteiger partial charge in [-0.1, -0.05) is 30.7 Å². The molecule has 0 bridgehead atoms. The van der Waals surface area contributed by atoms with Crippen LogP contribution < -0.4 is 9.47 Å². The molecule has 1 atom stereocenters. The molecule has 2 aromatic carbocycles. The van der Waals surface area contributed by atoms with Gasteiger partial charge in [0.1, 0.15) is 11.0 Å². The van der Waals surface area contributed by atoms with E-state index in [2.05, 4.69) is 52.6 Å². The van der Waals surface area contributed by atoms with Crippen molar-refractivity contribution in [1.82, 2.24) is 24.9 Å². The molecule has 184 valence electrons.